The van der Waals surface area contributed by atoms with E-state index in [0.29, 0.717) is 5.92 Å². The molecule has 1 fully saturated rings. The van der Waals surface area contributed by atoms with Crippen molar-refractivity contribution >= 4 is 5.91 Å². The first-order chi connectivity index (χ1) is 5.70. The Bertz CT molecular complexity index is 151. The van der Waals surface area contributed by atoms with Crippen molar-refractivity contribution in [3.05, 3.63) is 0 Å². The van der Waals surface area contributed by atoms with Gasteiger partial charge < -0.3 is 11.1 Å². The smallest absolute Gasteiger partial charge is 0.236 e. The lowest BCUT2D eigenvalue weighted by Gasteiger charge is -2.11. The van der Waals surface area contributed by atoms with Crippen LogP contribution in [0.25, 0.3) is 0 Å². The van der Waals surface area contributed by atoms with E-state index in [2.05, 4.69) is 5.32 Å². The number of nitrogens with one attached hydrogen (secondary N) is 1. The Balaban J connectivity index is 2.12. The summed E-state index contributed by atoms with van der Waals surface area (Å²) in [6.07, 6.45) is 5.16. The zero-order valence-electron chi connectivity index (χ0n) is 7.68. The standard InChI is InChI=1S/C9H18N2O/c1-7(10)9(12)11-6-8-4-2-3-5-8/h7-8H,2-6,10H2,1H3,(H,11,12)/t7-/m1/s1. The summed E-state index contributed by atoms with van der Waals surface area (Å²) in [5.74, 6) is 0.676. The lowest BCUT2D eigenvalue weighted by Crippen LogP contribution is -2.40. The Kier molecular flexibility index (Phi) is 3.53. The molecule has 1 saturated carbocycles. The molecule has 0 aromatic heterocycles. The Labute approximate surface area is 73.7 Å². The molecule has 1 aliphatic carbocycles. The van der Waals surface area contributed by atoms with Gasteiger partial charge in [-0.2, -0.15) is 0 Å². The molecule has 0 heterocycles. The molecule has 12 heavy (non-hydrogen) atoms. The average Bonchev–Trinajstić information content (AvgIpc) is 2.51. The molecule has 1 aliphatic rings. The predicted octanol–water partition coefficient (Wildman–Crippen LogP) is 0.640. The van der Waals surface area contributed by atoms with Crippen molar-refractivity contribution in [1.82, 2.24) is 5.32 Å². The third kappa shape index (κ3) is 2.81. The van der Waals surface area contributed by atoms with Crippen molar-refractivity contribution in [3.8, 4) is 0 Å². The fraction of sp³-hybridized carbons (Fsp3) is 0.889. The maximum Gasteiger partial charge on any atom is 0.236 e. The summed E-state index contributed by atoms with van der Waals surface area (Å²) >= 11 is 0. The summed E-state index contributed by atoms with van der Waals surface area (Å²) in [7, 11) is 0. The fourth-order valence-corrected chi connectivity index (χ4v) is 1.62. The summed E-state index contributed by atoms with van der Waals surface area (Å²) in [6, 6.07) is -0.369. The molecule has 0 spiro atoms. The molecule has 1 atom stereocenters. The maximum absolute atomic E-state index is 11.1. The van der Waals surface area contributed by atoms with E-state index in [1.54, 1.807) is 6.92 Å². The van der Waals surface area contributed by atoms with Gasteiger partial charge in [-0.25, -0.2) is 0 Å². The van der Waals surface area contributed by atoms with Crippen molar-refractivity contribution in [2.24, 2.45) is 11.7 Å². The van der Waals surface area contributed by atoms with Crippen molar-refractivity contribution < 1.29 is 4.79 Å². The molecule has 1 rings (SSSR count). The van der Waals surface area contributed by atoms with Gasteiger partial charge in [-0.05, 0) is 25.7 Å². The number of rotatable bonds is 3. The summed E-state index contributed by atoms with van der Waals surface area (Å²) in [6.45, 7) is 2.53. The molecule has 0 aliphatic heterocycles. The second-order valence-corrected chi connectivity index (χ2v) is 3.68. The first kappa shape index (κ1) is 9.52. The molecule has 0 unspecified atom stereocenters. The molecule has 0 bridgehead atoms. The van der Waals surface area contributed by atoms with E-state index < -0.39 is 0 Å². The van der Waals surface area contributed by atoms with Gasteiger partial charge >= 0.3 is 0 Å². The molecule has 3 nitrogen and oxygen atoms in total. The summed E-state index contributed by atoms with van der Waals surface area (Å²) in [4.78, 5) is 11.1. The molecular formula is C9H18N2O. The second-order valence-electron chi connectivity index (χ2n) is 3.68. The van der Waals surface area contributed by atoms with Crippen LogP contribution in [0.3, 0.4) is 0 Å². The normalized spacial score (nSPS) is 20.8. The highest BCUT2D eigenvalue weighted by atomic mass is 16.2. The minimum atomic E-state index is -0.369. The van der Waals surface area contributed by atoms with Crippen LogP contribution in [0.4, 0.5) is 0 Å². The van der Waals surface area contributed by atoms with E-state index in [9.17, 15) is 4.79 Å². The van der Waals surface area contributed by atoms with Gasteiger partial charge in [0.1, 0.15) is 0 Å². The van der Waals surface area contributed by atoms with Crippen LogP contribution in [0.5, 0.6) is 0 Å². The molecule has 1 amide bonds. The van der Waals surface area contributed by atoms with Gasteiger partial charge in [0, 0.05) is 6.54 Å². The number of nitrogens with two attached hydrogens (primary N) is 1. The first-order valence-corrected chi connectivity index (χ1v) is 4.73. The van der Waals surface area contributed by atoms with Gasteiger partial charge in [-0.3, -0.25) is 4.79 Å². The van der Waals surface area contributed by atoms with E-state index in [1.807, 2.05) is 0 Å². The van der Waals surface area contributed by atoms with E-state index in [0.717, 1.165) is 6.54 Å². The molecule has 70 valence electrons. The predicted molar refractivity (Wildman–Crippen MR) is 48.6 cm³/mol. The number of carbonyl (C=O) groups excluding carboxylic acids is 1. The average molecular weight is 170 g/mol. The molecule has 0 aromatic rings. The van der Waals surface area contributed by atoms with Gasteiger partial charge in [0.25, 0.3) is 0 Å². The van der Waals surface area contributed by atoms with E-state index in [-0.39, 0.29) is 11.9 Å². The van der Waals surface area contributed by atoms with Crippen molar-refractivity contribution in [2.75, 3.05) is 6.54 Å². The Hall–Kier alpha value is -0.570. The van der Waals surface area contributed by atoms with Crippen LogP contribution in [0.1, 0.15) is 32.6 Å². The highest BCUT2D eigenvalue weighted by molar-refractivity contribution is 5.80. The quantitative estimate of drug-likeness (QED) is 0.653. The van der Waals surface area contributed by atoms with Gasteiger partial charge in [0.2, 0.25) is 5.91 Å². The molecule has 0 aromatic carbocycles. The first-order valence-electron chi connectivity index (χ1n) is 4.73. The minimum Gasteiger partial charge on any atom is -0.354 e. The lowest BCUT2D eigenvalue weighted by molar-refractivity contribution is -0.122. The van der Waals surface area contributed by atoms with Crippen LogP contribution in [0.2, 0.25) is 0 Å². The maximum atomic E-state index is 11.1. The van der Waals surface area contributed by atoms with Crippen LogP contribution in [0.15, 0.2) is 0 Å². The number of hydrogen-bond donors (Lipinski definition) is 2. The third-order valence-corrected chi connectivity index (χ3v) is 2.45. The zero-order chi connectivity index (χ0) is 8.97. The van der Waals surface area contributed by atoms with Crippen molar-refractivity contribution in [3.63, 3.8) is 0 Å². The minimum absolute atomic E-state index is 0.0260. The number of carbonyl (C=O) groups is 1. The third-order valence-electron chi connectivity index (χ3n) is 2.45. The van der Waals surface area contributed by atoms with Gasteiger partial charge in [-0.1, -0.05) is 12.8 Å². The van der Waals surface area contributed by atoms with E-state index in [4.69, 9.17) is 5.73 Å². The highest BCUT2D eigenvalue weighted by Gasteiger charge is 2.16. The topological polar surface area (TPSA) is 55.1 Å². The van der Waals surface area contributed by atoms with Crippen LogP contribution in [-0.4, -0.2) is 18.5 Å². The van der Waals surface area contributed by atoms with Crippen molar-refractivity contribution in [2.45, 2.75) is 38.6 Å². The lowest BCUT2D eigenvalue weighted by atomic mass is 10.1. The fourth-order valence-electron chi connectivity index (χ4n) is 1.62. The van der Waals surface area contributed by atoms with Crippen LogP contribution >= 0.6 is 0 Å². The largest absolute Gasteiger partial charge is 0.354 e. The zero-order valence-corrected chi connectivity index (χ0v) is 7.68. The SMILES string of the molecule is C[C@@H](N)C(=O)NCC1CCCC1. The van der Waals surface area contributed by atoms with Crippen molar-refractivity contribution in [1.29, 1.82) is 0 Å². The second kappa shape index (κ2) is 4.45. The van der Waals surface area contributed by atoms with Crippen LogP contribution < -0.4 is 11.1 Å². The monoisotopic (exact) mass is 170 g/mol. The molecule has 0 saturated heterocycles. The Morgan fingerprint density at radius 2 is 2.17 bits per heavy atom. The molecule has 0 radical (unpaired) electrons. The number of amides is 1. The van der Waals surface area contributed by atoms with Gasteiger partial charge in [-0.15, -0.1) is 0 Å². The summed E-state index contributed by atoms with van der Waals surface area (Å²) in [5.41, 5.74) is 5.41. The summed E-state index contributed by atoms with van der Waals surface area (Å²) < 4.78 is 0. The molecule has 3 N–H and O–H groups in total. The molecule has 3 heteroatoms. The Morgan fingerprint density at radius 1 is 1.58 bits per heavy atom. The van der Waals surface area contributed by atoms with Crippen LogP contribution in [0, 0.1) is 5.92 Å². The Morgan fingerprint density at radius 3 is 2.67 bits per heavy atom. The number of hydrogen-bond acceptors (Lipinski definition) is 2. The van der Waals surface area contributed by atoms with Gasteiger partial charge in [0.15, 0.2) is 0 Å². The van der Waals surface area contributed by atoms with Gasteiger partial charge in [0.05, 0.1) is 6.04 Å². The highest BCUT2D eigenvalue weighted by Crippen LogP contribution is 2.23. The molecular weight excluding hydrogens is 152 g/mol. The van der Waals surface area contributed by atoms with E-state index >= 15 is 0 Å². The van der Waals surface area contributed by atoms with Crippen LogP contribution in [-0.2, 0) is 4.79 Å². The van der Waals surface area contributed by atoms with E-state index in [1.165, 1.54) is 25.7 Å². The summed E-state index contributed by atoms with van der Waals surface area (Å²) in [5, 5.41) is 2.86.